The van der Waals surface area contributed by atoms with E-state index in [4.69, 9.17) is 4.74 Å². The summed E-state index contributed by atoms with van der Waals surface area (Å²) in [4.78, 5) is 0. The Morgan fingerprint density at radius 2 is 2.00 bits per heavy atom. The van der Waals surface area contributed by atoms with Gasteiger partial charge in [-0.15, -0.1) is 0 Å². The maximum absolute atomic E-state index is 5.61. The van der Waals surface area contributed by atoms with Crippen LogP contribution in [0.15, 0.2) is 24.3 Å². The van der Waals surface area contributed by atoms with Crippen molar-refractivity contribution in [1.29, 1.82) is 0 Å². The molecule has 0 amide bonds. The maximum Gasteiger partial charge on any atom is 0.119 e. The smallest absolute Gasteiger partial charge is 0.119 e. The standard InChI is InChI=1S/C11H14O.C2H6/c1-9-3-2-4-11(7-9)12-8-10-5-6-10;1-2/h2-4,7,10H,5-6,8H2,1H3;1-2H3. The van der Waals surface area contributed by atoms with E-state index in [1.54, 1.807) is 0 Å². The second kappa shape index (κ2) is 5.69. The molecule has 0 N–H and O–H groups in total. The zero-order valence-electron chi connectivity index (χ0n) is 9.42. The quantitative estimate of drug-likeness (QED) is 0.707. The van der Waals surface area contributed by atoms with Crippen LogP contribution >= 0.6 is 0 Å². The maximum atomic E-state index is 5.61. The number of rotatable bonds is 3. The molecule has 1 aliphatic carbocycles. The van der Waals surface area contributed by atoms with Crippen molar-refractivity contribution in [3.8, 4) is 5.75 Å². The van der Waals surface area contributed by atoms with Crippen molar-refractivity contribution in [2.24, 2.45) is 5.92 Å². The minimum absolute atomic E-state index is 0.838. The number of hydrogen-bond donors (Lipinski definition) is 0. The van der Waals surface area contributed by atoms with Crippen LogP contribution in [0.25, 0.3) is 0 Å². The average Bonchev–Trinajstić information content (AvgIpc) is 3.02. The summed E-state index contributed by atoms with van der Waals surface area (Å²) in [6.07, 6.45) is 2.71. The fourth-order valence-electron chi connectivity index (χ4n) is 1.20. The van der Waals surface area contributed by atoms with Gasteiger partial charge in [-0.25, -0.2) is 0 Å². The van der Waals surface area contributed by atoms with Crippen LogP contribution in [0.1, 0.15) is 32.3 Å². The fraction of sp³-hybridized carbons (Fsp3) is 0.538. The van der Waals surface area contributed by atoms with E-state index < -0.39 is 0 Å². The fourth-order valence-corrected chi connectivity index (χ4v) is 1.20. The van der Waals surface area contributed by atoms with Gasteiger partial charge in [0.25, 0.3) is 0 Å². The van der Waals surface area contributed by atoms with Crippen molar-refractivity contribution in [2.45, 2.75) is 33.6 Å². The van der Waals surface area contributed by atoms with E-state index in [1.165, 1.54) is 18.4 Å². The highest BCUT2D eigenvalue weighted by molar-refractivity contribution is 5.27. The summed E-state index contributed by atoms with van der Waals surface area (Å²) in [6, 6.07) is 8.24. The molecule has 1 saturated carbocycles. The van der Waals surface area contributed by atoms with E-state index in [-0.39, 0.29) is 0 Å². The van der Waals surface area contributed by atoms with Gasteiger partial charge in [0, 0.05) is 0 Å². The van der Waals surface area contributed by atoms with E-state index >= 15 is 0 Å². The van der Waals surface area contributed by atoms with Crippen LogP contribution in [0.3, 0.4) is 0 Å². The van der Waals surface area contributed by atoms with Gasteiger partial charge < -0.3 is 4.74 Å². The largest absolute Gasteiger partial charge is 0.493 e. The van der Waals surface area contributed by atoms with E-state index in [0.29, 0.717) is 0 Å². The zero-order chi connectivity index (χ0) is 10.4. The van der Waals surface area contributed by atoms with Crippen LogP contribution in [0.4, 0.5) is 0 Å². The van der Waals surface area contributed by atoms with E-state index in [2.05, 4.69) is 19.1 Å². The third-order valence-corrected chi connectivity index (χ3v) is 2.17. The van der Waals surface area contributed by atoms with Crippen LogP contribution in [0.2, 0.25) is 0 Å². The van der Waals surface area contributed by atoms with Crippen molar-refractivity contribution in [2.75, 3.05) is 6.61 Å². The van der Waals surface area contributed by atoms with Gasteiger partial charge >= 0.3 is 0 Å². The lowest BCUT2D eigenvalue weighted by Gasteiger charge is -2.04. The normalized spacial score (nSPS) is 14.2. The molecule has 0 saturated heterocycles. The summed E-state index contributed by atoms with van der Waals surface area (Å²) in [5.74, 6) is 1.85. The highest BCUT2D eigenvalue weighted by Gasteiger charge is 2.21. The second-order valence-electron chi connectivity index (χ2n) is 3.57. The Morgan fingerprint density at radius 1 is 1.29 bits per heavy atom. The van der Waals surface area contributed by atoms with Crippen molar-refractivity contribution in [3.05, 3.63) is 29.8 Å². The van der Waals surface area contributed by atoms with Gasteiger partial charge in [-0.3, -0.25) is 0 Å². The first-order chi connectivity index (χ1) is 6.84. The van der Waals surface area contributed by atoms with Gasteiger partial charge in [0.2, 0.25) is 0 Å². The van der Waals surface area contributed by atoms with Crippen molar-refractivity contribution < 1.29 is 4.74 Å². The number of hydrogen-bond acceptors (Lipinski definition) is 1. The van der Waals surface area contributed by atoms with E-state index in [0.717, 1.165) is 18.3 Å². The Labute approximate surface area is 87.1 Å². The summed E-state index contributed by atoms with van der Waals surface area (Å²) in [6.45, 7) is 6.99. The third kappa shape index (κ3) is 3.82. The van der Waals surface area contributed by atoms with Gasteiger partial charge in [0.15, 0.2) is 0 Å². The van der Waals surface area contributed by atoms with Crippen molar-refractivity contribution in [1.82, 2.24) is 0 Å². The number of aryl methyl sites for hydroxylation is 1. The summed E-state index contributed by atoms with van der Waals surface area (Å²) in [7, 11) is 0. The molecule has 1 heteroatoms. The molecular formula is C13H20O. The summed E-state index contributed by atoms with van der Waals surface area (Å²) in [5, 5.41) is 0. The summed E-state index contributed by atoms with van der Waals surface area (Å²) < 4.78 is 5.61. The predicted octanol–water partition coefficient (Wildman–Crippen LogP) is 3.81. The van der Waals surface area contributed by atoms with Gasteiger partial charge in [0.1, 0.15) is 5.75 Å². The lowest BCUT2D eigenvalue weighted by Crippen LogP contribution is -1.98. The van der Waals surface area contributed by atoms with Crippen LogP contribution in [0, 0.1) is 12.8 Å². The summed E-state index contributed by atoms with van der Waals surface area (Å²) >= 11 is 0. The van der Waals surface area contributed by atoms with Gasteiger partial charge in [-0.1, -0.05) is 26.0 Å². The molecule has 0 aromatic heterocycles. The molecule has 0 aliphatic heterocycles. The Balaban J connectivity index is 0.000000461. The first kappa shape index (κ1) is 11.1. The highest BCUT2D eigenvalue weighted by atomic mass is 16.5. The molecular weight excluding hydrogens is 172 g/mol. The average molecular weight is 192 g/mol. The van der Waals surface area contributed by atoms with Gasteiger partial charge in [-0.05, 0) is 43.4 Å². The van der Waals surface area contributed by atoms with Crippen molar-refractivity contribution >= 4 is 0 Å². The monoisotopic (exact) mass is 192 g/mol. The molecule has 0 spiro atoms. The number of ether oxygens (including phenoxy) is 1. The molecule has 78 valence electrons. The molecule has 1 nitrogen and oxygen atoms in total. The Hall–Kier alpha value is -0.980. The lowest BCUT2D eigenvalue weighted by molar-refractivity contribution is 0.299. The van der Waals surface area contributed by atoms with Gasteiger partial charge in [-0.2, -0.15) is 0 Å². The van der Waals surface area contributed by atoms with Crippen molar-refractivity contribution in [3.63, 3.8) is 0 Å². The Kier molecular flexibility index (Phi) is 4.51. The van der Waals surface area contributed by atoms with Crippen LogP contribution in [-0.4, -0.2) is 6.61 Å². The minimum Gasteiger partial charge on any atom is -0.493 e. The molecule has 0 radical (unpaired) electrons. The first-order valence-corrected chi connectivity index (χ1v) is 5.54. The Bertz CT molecular complexity index is 264. The van der Waals surface area contributed by atoms with Crippen LogP contribution in [-0.2, 0) is 0 Å². The Morgan fingerprint density at radius 3 is 2.57 bits per heavy atom. The molecule has 14 heavy (non-hydrogen) atoms. The molecule has 1 aromatic carbocycles. The highest BCUT2D eigenvalue weighted by Crippen LogP contribution is 2.29. The van der Waals surface area contributed by atoms with E-state index in [1.807, 2.05) is 26.0 Å². The number of benzene rings is 1. The third-order valence-electron chi connectivity index (χ3n) is 2.17. The summed E-state index contributed by atoms with van der Waals surface area (Å²) in [5.41, 5.74) is 1.27. The lowest BCUT2D eigenvalue weighted by atomic mass is 10.2. The van der Waals surface area contributed by atoms with E-state index in [9.17, 15) is 0 Å². The molecule has 0 atom stereocenters. The van der Waals surface area contributed by atoms with Gasteiger partial charge in [0.05, 0.1) is 6.61 Å². The topological polar surface area (TPSA) is 9.23 Å². The molecule has 1 aliphatic rings. The second-order valence-corrected chi connectivity index (χ2v) is 3.57. The molecule has 0 unspecified atom stereocenters. The van der Waals surface area contributed by atoms with Crippen LogP contribution in [0.5, 0.6) is 5.75 Å². The molecule has 0 heterocycles. The minimum atomic E-state index is 0.838. The van der Waals surface area contributed by atoms with Crippen LogP contribution < -0.4 is 4.74 Å². The predicted molar refractivity (Wildman–Crippen MR) is 60.7 cm³/mol. The zero-order valence-corrected chi connectivity index (χ0v) is 9.42. The molecule has 1 aromatic rings. The molecule has 1 fully saturated rings. The first-order valence-electron chi connectivity index (χ1n) is 5.54. The molecule has 2 rings (SSSR count). The SMILES string of the molecule is CC.Cc1cccc(OCC2CC2)c1. The molecule has 0 bridgehead atoms.